The summed E-state index contributed by atoms with van der Waals surface area (Å²) < 4.78 is 7.04. The first-order chi connectivity index (χ1) is 10.8. The number of aromatic nitrogens is 3. The van der Waals surface area contributed by atoms with Gasteiger partial charge >= 0.3 is 0 Å². The summed E-state index contributed by atoms with van der Waals surface area (Å²) in [6, 6.07) is 5.92. The lowest BCUT2D eigenvalue weighted by molar-refractivity contribution is 0.195. The number of hydrogen-bond donors (Lipinski definition) is 2. The summed E-state index contributed by atoms with van der Waals surface area (Å²) in [7, 11) is 3.49. The minimum absolute atomic E-state index is 0. The Hall–Kier alpha value is -1.42. The number of pyridine rings is 1. The molecule has 0 saturated carbocycles. The van der Waals surface area contributed by atoms with E-state index in [1.165, 1.54) is 0 Å². The van der Waals surface area contributed by atoms with Crippen molar-refractivity contribution in [2.24, 2.45) is 4.99 Å². The van der Waals surface area contributed by atoms with Crippen LogP contribution in [0.2, 0.25) is 0 Å². The van der Waals surface area contributed by atoms with Crippen LogP contribution in [0, 0.1) is 0 Å². The topological polar surface area (TPSA) is 75.8 Å². The van der Waals surface area contributed by atoms with Crippen molar-refractivity contribution in [3.05, 3.63) is 30.2 Å². The summed E-state index contributed by atoms with van der Waals surface area (Å²) in [4.78, 5) is 4.19. The number of halogens is 1. The fraction of sp³-hybridized carbons (Fsp3) is 0.533. The lowest BCUT2D eigenvalue weighted by atomic mass is 10.3. The van der Waals surface area contributed by atoms with Gasteiger partial charge in [-0.05, 0) is 25.0 Å². The molecule has 2 aromatic rings. The number of ether oxygens (including phenoxy) is 1. The summed E-state index contributed by atoms with van der Waals surface area (Å²) in [6.45, 7) is 2.44. The van der Waals surface area contributed by atoms with Gasteiger partial charge in [0, 0.05) is 46.5 Å². The van der Waals surface area contributed by atoms with Gasteiger partial charge in [-0.15, -0.1) is 34.2 Å². The van der Waals surface area contributed by atoms with Crippen LogP contribution in [-0.2, 0) is 11.2 Å². The smallest absolute Gasteiger partial charge is 0.190 e. The molecular weight excluding hydrogens is 407 g/mol. The number of guanidine groups is 1. The van der Waals surface area contributed by atoms with E-state index in [2.05, 4.69) is 25.8 Å². The molecule has 0 aliphatic heterocycles. The molecule has 0 bridgehead atoms. The SMILES string of the molecule is CN=C(NCCCOC)NCCCc1nnc2ccccn12.I. The average molecular weight is 432 g/mol. The first kappa shape index (κ1) is 19.6. The highest BCUT2D eigenvalue weighted by Gasteiger charge is 2.04. The lowest BCUT2D eigenvalue weighted by Crippen LogP contribution is -2.38. The van der Waals surface area contributed by atoms with Crippen molar-refractivity contribution in [3.63, 3.8) is 0 Å². The number of nitrogens with zero attached hydrogens (tertiary/aromatic N) is 4. The molecule has 0 aliphatic rings. The first-order valence-corrected chi connectivity index (χ1v) is 7.57. The Kier molecular flexibility index (Phi) is 9.53. The fourth-order valence-corrected chi connectivity index (χ4v) is 2.16. The van der Waals surface area contributed by atoms with Gasteiger partial charge in [0.15, 0.2) is 11.6 Å². The Labute approximate surface area is 153 Å². The monoisotopic (exact) mass is 432 g/mol. The first-order valence-electron chi connectivity index (χ1n) is 7.57. The zero-order valence-electron chi connectivity index (χ0n) is 13.7. The number of hydrogen-bond acceptors (Lipinski definition) is 4. The molecule has 0 unspecified atom stereocenters. The van der Waals surface area contributed by atoms with Gasteiger partial charge in [0.25, 0.3) is 0 Å². The second kappa shape index (κ2) is 11.2. The number of nitrogens with one attached hydrogen (secondary N) is 2. The molecule has 2 rings (SSSR count). The van der Waals surface area contributed by atoms with Crippen molar-refractivity contribution in [2.45, 2.75) is 19.3 Å². The van der Waals surface area contributed by atoms with Crippen LogP contribution in [0.4, 0.5) is 0 Å². The van der Waals surface area contributed by atoms with Crippen molar-refractivity contribution in [1.82, 2.24) is 25.2 Å². The van der Waals surface area contributed by atoms with Gasteiger partial charge in [0.2, 0.25) is 0 Å². The summed E-state index contributed by atoms with van der Waals surface area (Å²) >= 11 is 0. The van der Waals surface area contributed by atoms with Crippen molar-refractivity contribution >= 4 is 35.6 Å². The van der Waals surface area contributed by atoms with E-state index in [1.54, 1.807) is 14.2 Å². The molecule has 128 valence electrons. The summed E-state index contributed by atoms with van der Waals surface area (Å²) in [6.07, 6.45) is 4.80. The molecule has 8 heteroatoms. The van der Waals surface area contributed by atoms with Gasteiger partial charge in [-0.1, -0.05) is 6.07 Å². The van der Waals surface area contributed by atoms with E-state index in [4.69, 9.17) is 4.74 Å². The zero-order valence-corrected chi connectivity index (χ0v) is 16.0. The standard InChI is InChI=1S/C15H24N6O.HI/c1-16-15(18-10-6-12-22-2)17-9-5-8-14-20-19-13-7-3-4-11-21(13)14;/h3-4,7,11H,5-6,8-10,12H2,1-2H3,(H2,16,17,18);1H. The number of rotatable bonds is 8. The average Bonchev–Trinajstić information content (AvgIpc) is 2.97. The maximum atomic E-state index is 5.02. The zero-order chi connectivity index (χ0) is 15.6. The molecule has 0 spiro atoms. The Morgan fingerprint density at radius 3 is 2.74 bits per heavy atom. The molecule has 2 aromatic heterocycles. The van der Waals surface area contributed by atoms with Gasteiger partial charge in [-0.25, -0.2) is 0 Å². The molecule has 0 aliphatic carbocycles. The maximum absolute atomic E-state index is 5.02. The maximum Gasteiger partial charge on any atom is 0.190 e. The third-order valence-corrected chi connectivity index (χ3v) is 3.30. The minimum atomic E-state index is 0. The van der Waals surface area contributed by atoms with Crippen LogP contribution in [-0.4, -0.2) is 54.4 Å². The van der Waals surface area contributed by atoms with E-state index < -0.39 is 0 Å². The number of aryl methyl sites for hydroxylation is 1. The van der Waals surface area contributed by atoms with Gasteiger partial charge in [-0.2, -0.15) is 0 Å². The van der Waals surface area contributed by atoms with Crippen LogP contribution in [0.1, 0.15) is 18.7 Å². The predicted octanol–water partition coefficient (Wildman–Crippen LogP) is 1.48. The fourth-order valence-electron chi connectivity index (χ4n) is 2.16. The third kappa shape index (κ3) is 6.30. The van der Waals surface area contributed by atoms with Crippen molar-refractivity contribution < 1.29 is 4.74 Å². The molecule has 2 N–H and O–H groups in total. The molecule has 0 fully saturated rings. The van der Waals surface area contributed by atoms with E-state index in [9.17, 15) is 0 Å². The van der Waals surface area contributed by atoms with Crippen LogP contribution < -0.4 is 10.6 Å². The van der Waals surface area contributed by atoms with Crippen LogP contribution in [0.5, 0.6) is 0 Å². The molecule has 0 amide bonds. The van der Waals surface area contributed by atoms with Crippen molar-refractivity contribution in [3.8, 4) is 0 Å². The van der Waals surface area contributed by atoms with E-state index in [0.717, 1.165) is 56.4 Å². The highest BCUT2D eigenvalue weighted by molar-refractivity contribution is 14.0. The minimum Gasteiger partial charge on any atom is -0.385 e. The molecule has 0 saturated heterocycles. The molecule has 0 aromatic carbocycles. The van der Waals surface area contributed by atoms with Gasteiger partial charge in [0.05, 0.1) is 0 Å². The molecule has 0 atom stereocenters. The van der Waals surface area contributed by atoms with Crippen molar-refractivity contribution in [1.29, 1.82) is 0 Å². The number of methoxy groups -OCH3 is 1. The van der Waals surface area contributed by atoms with E-state index in [0.29, 0.717) is 0 Å². The summed E-state index contributed by atoms with van der Waals surface area (Å²) in [5.74, 6) is 1.81. The third-order valence-electron chi connectivity index (χ3n) is 3.30. The summed E-state index contributed by atoms with van der Waals surface area (Å²) in [5.41, 5.74) is 0.890. The van der Waals surface area contributed by atoms with E-state index in [1.807, 2.05) is 28.8 Å². The number of fused-ring (bicyclic) bond motifs is 1. The molecule has 23 heavy (non-hydrogen) atoms. The van der Waals surface area contributed by atoms with Gasteiger partial charge < -0.3 is 15.4 Å². The highest BCUT2D eigenvalue weighted by atomic mass is 127. The second-order valence-electron chi connectivity index (χ2n) is 4.92. The largest absolute Gasteiger partial charge is 0.385 e. The van der Waals surface area contributed by atoms with Crippen LogP contribution in [0.15, 0.2) is 29.4 Å². The Balaban J connectivity index is 0.00000264. The summed E-state index contributed by atoms with van der Waals surface area (Å²) in [5, 5.41) is 14.9. The van der Waals surface area contributed by atoms with Crippen LogP contribution in [0.3, 0.4) is 0 Å². The second-order valence-corrected chi connectivity index (χ2v) is 4.92. The van der Waals surface area contributed by atoms with E-state index in [-0.39, 0.29) is 24.0 Å². The van der Waals surface area contributed by atoms with Gasteiger partial charge in [0.1, 0.15) is 5.82 Å². The Bertz CT molecular complexity index is 600. The van der Waals surface area contributed by atoms with Gasteiger partial charge in [-0.3, -0.25) is 9.39 Å². The Morgan fingerprint density at radius 2 is 2.00 bits per heavy atom. The number of aliphatic imine (C=N–C) groups is 1. The Morgan fingerprint density at radius 1 is 1.22 bits per heavy atom. The van der Waals surface area contributed by atoms with Crippen LogP contribution in [0.25, 0.3) is 5.65 Å². The quantitative estimate of drug-likeness (QED) is 0.286. The molecule has 7 nitrogen and oxygen atoms in total. The molecule has 0 radical (unpaired) electrons. The van der Waals surface area contributed by atoms with E-state index >= 15 is 0 Å². The van der Waals surface area contributed by atoms with Crippen LogP contribution >= 0.6 is 24.0 Å². The molecular formula is C15H25IN6O. The predicted molar refractivity (Wildman–Crippen MR) is 103 cm³/mol. The lowest BCUT2D eigenvalue weighted by Gasteiger charge is -2.11. The molecule has 2 heterocycles. The highest BCUT2D eigenvalue weighted by Crippen LogP contribution is 2.04. The van der Waals surface area contributed by atoms with Crippen molar-refractivity contribution in [2.75, 3.05) is 33.9 Å². The normalized spacial score (nSPS) is 11.3.